The zero-order chi connectivity index (χ0) is 20.0. The topological polar surface area (TPSA) is 124 Å². The molecule has 0 amide bonds. The third kappa shape index (κ3) is 5.61. The maximum atomic E-state index is 12.1. The minimum absolute atomic E-state index is 0.160. The number of esters is 1. The van der Waals surface area contributed by atoms with Crippen LogP contribution in [0, 0.1) is 0 Å². The second kappa shape index (κ2) is 8.61. The minimum Gasteiger partial charge on any atom is -0.462 e. The van der Waals surface area contributed by atoms with Crippen LogP contribution in [-0.2, 0) is 21.2 Å². The molecule has 0 spiro atoms. The average Bonchev–Trinajstić information content (AvgIpc) is 3.13. The van der Waals surface area contributed by atoms with Crippen LogP contribution in [0.1, 0.15) is 22.7 Å². The molecule has 0 saturated carbocycles. The van der Waals surface area contributed by atoms with Gasteiger partial charge >= 0.3 is 5.97 Å². The van der Waals surface area contributed by atoms with E-state index in [0.717, 1.165) is 11.8 Å². The summed E-state index contributed by atoms with van der Waals surface area (Å²) in [5.41, 5.74) is 1.31. The molecule has 9 nitrogen and oxygen atoms in total. The number of nitrogens with one attached hydrogen (secondary N) is 1. The molecule has 2 heterocycles. The van der Waals surface area contributed by atoms with Crippen molar-refractivity contribution in [3.8, 4) is 11.4 Å². The monoisotopic (exact) mass is 402 g/mol. The highest BCUT2D eigenvalue weighted by Gasteiger charge is 2.11. The maximum Gasteiger partial charge on any atom is 0.338 e. The van der Waals surface area contributed by atoms with Gasteiger partial charge in [0.15, 0.2) is 0 Å². The minimum atomic E-state index is -3.42. The highest BCUT2D eigenvalue weighted by atomic mass is 32.2. The van der Waals surface area contributed by atoms with Gasteiger partial charge in [0.25, 0.3) is 0 Å². The van der Waals surface area contributed by atoms with Crippen LogP contribution in [0.2, 0.25) is 0 Å². The lowest BCUT2D eigenvalue weighted by molar-refractivity contribution is 0.0498. The van der Waals surface area contributed by atoms with Gasteiger partial charge in [0.2, 0.25) is 21.7 Å². The summed E-state index contributed by atoms with van der Waals surface area (Å²) in [6.45, 7) is 0.160. The van der Waals surface area contributed by atoms with E-state index in [1.54, 1.807) is 36.7 Å². The largest absolute Gasteiger partial charge is 0.462 e. The molecule has 0 aliphatic rings. The molecule has 0 atom stereocenters. The zero-order valence-corrected chi connectivity index (χ0v) is 15.8. The van der Waals surface area contributed by atoms with E-state index in [9.17, 15) is 13.2 Å². The summed E-state index contributed by atoms with van der Waals surface area (Å²) >= 11 is 0. The first-order chi connectivity index (χ1) is 13.4. The number of aryl methyl sites for hydroxylation is 1. The highest BCUT2D eigenvalue weighted by molar-refractivity contribution is 7.92. The predicted molar refractivity (Wildman–Crippen MR) is 101 cm³/mol. The molecular formula is C18H18N4O5S. The molecule has 10 heteroatoms. The van der Waals surface area contributed by atoms with Gasteiger partial charge in [-0.2, -0.15) is 4.98 Å². The van der Waals surface area contributed by atoms with Gasteiger partial charge in [-0.05, 0) is 36.8 Å². The lowest BCUT2D eigenvalue weighted by atomic mass is 10.2. The van der Waals surface area contributed by atoms with Crippen LogP contribution in [0.15, 0.2) is 53.3 Å². The van der Waals surface area contributed by atoms with E-state index in [2.05, 4.69) is 19.8 Å². The lowest BCUT2D eigenvalue weighted by Gasteiger charge is -2.07. The summed E-state index contributed by atoms with van der Waals surface area (Å²) in [5, 5.41) is 3.90. The third-order valence-corrected chi connectivity index (χ3v) is 4.16. The summed E-state index contributed by atoms with van der Waals surface area (Å²) in [6, 6.07) is 9.70. The van der Waals surface area contributed by atoms with Gasteiger partial charge in [0.1, 0.15) is 0 Å². The molecular weight excluding hydrogens is 384 g/mol. The highest BCUT2D eigenvalue weighted by Crippen LogP contribution is 2.15. The Hall–Kier alpha value is -3.27. The molecule has 0 aliphatic carbocycles. The van der Waals surface area contributed by atoms with Gasteiger partial charge < -0.3 is 9.26 Å². The van der Waals surface area contributed by atoms with Crippen molar-refractivity contribution < 1.29 is 22.5 Å². The molecule has 28 heavy (non-hydrogen) atoms. The van der Waals surface area contributed by atoms with Gasteiger partial charge in [-0.1, -0.05) is 11.2 Å². The number of ether oxygens (including phenoxy) is 1. The third-order valence-electron chi connectivity index (χ3n) is 3.56. The molecule has 0 radical (unpaired) electrons. The fourth-order valence-electron chi connectivity index (χ4n) is 2.36. The number of anilines is 1. The van der Waals surface area contributed by atoms with Crippen LogP contribution >= 0.6 is 0 Å². The van der Waals surface area contributed by atoms with Gasteiger partial charge in [-0.3, -0.25) is 9.71 Å². The van der Waals surface area contributed by atoms with Crippen molar-refractivity contribution in [1.29, 1.82) is 0 Å². The molecule has 0 fully saturated rings. The quantitative estimate of drug-likeness (QED) is 0.449. The molecule has 1 N–H and O–H groups in total. The van der Waals surface area contributed by atoms with Crippen LogP contribution in [-0.4, -0.2) is 42.4 Å². The van der Waals surface area contributed by atoms with E-state index in [-0.39, 0.29) is 12.2 Å². The van der Waals surface area contributed by atoms with Crippen LogP contribution in [0.3, 0.4) is 0 Å². The van der Waals surface area contributed by atoms with Crippen LogP contribution < -0.4 is 4.72 Å². The van der Waals surface area contributed by atoms with Crippen LogP contribution in [0.5, 0.6) is 0 Å². The molecule has 0 unspecified atom stereocenters. The normalized spacial score (nSPS) is 11.2. The fraction of sp³-hybridized carbons (Fsp3) is 0.222. The first kappa shape index (κ1) is 19.5. The Morgan fingerprint density at radius 3 is 2.86 bits per heavy atom. The number of hydrogen-bond donors (Lipinski definition) is 1. The van der Waals surface area contributed by atoms with Gasteiger partial charge in [0, 0.05) is 30.1 Å². The molecule has 0 bridgehead atoms. The van der Waals surface area contributed by atoms with Crippen LogP contribution in [0.25, 0.3) is 11.4 Å². The second-order valence-corrected chi connectivity index (χ2v) is 7.70. The van der Waals surface area contributed by atoms with E-state index in [0.29, 0.717) is 30.2 Å². The van der Waals surface area contributed by atoms with Crippen LogP contribution in [0.4, 0.5) is 5.69 Å². The Labute approximate surface area is 161 Å². The standard InChI is InChI=1S/C18H18N4O5S/c1-28(24,25)22-15-7-2-5-13(11-15)18(23)26-10-4-8-16-20-17(21-27-16)14-6-3-9-19-12-14/h2-3,5-7,9,11-12,22H,4,8,10H2,1H3. The molecule has 3 rings (SSSR count). The van der Waals surface area contributed by atoms with Crippen molar-refractivity contribution in [2.24, 2.45) is 0 Å². The van der Waals surface area contributed by atoms with Gasteiger partial charge in [-0.25, -0.2) is 13.2 Å². The Morgan fingerprint density at radius 2 is 2.11 bits per heavy atom. The number of carbonyl (C=O) groups excluding carboxylic acids is 1. The Morgan fingerprint density at radius 1 is 1.25 bits per heavy atom. The van der Waals surface area contributed by atoms with Crippen molar-refractivity contribution >= 4 is 21.7 Å². The number of sulfonamides is 1. The molecule has 1 aromatic carbocycles. The predicted octanol–water partition coefficient (Wildman–Crippen LogP) is 2.29. The van der Waals surface area contributed by atoms with E-state index in [1.807, 2.05) is 6.07 Å². The SMILES string of the molecule is CS(=O)(=O)Nc1cccc(C(=O)OCCCc2nc(-c3cccnc3)no2)c1. The number of nitrogens with zero attached hydrogens (tertiary/aromatic N) is 3. The molecule has 0 aliphatic heterocycles. The average molecular weight is 402 g/mol. The van der Waals surface area contributed by atoms with Crippen molar-refractivity contribution in [2.45, 2.75) is 12.8 Å². The number of rotatable bonds is 8. The van der Waals surface area contributed by atoms with Crippen molar-refractivity contribution in [3.05, 3.63) is 60.2 Å². The van der Waals surface area contributed by atoms with Crippen molar-refractivity contribution in [1.82, 2.24) is 15.1 Å². The van der Waals surface area contributed by atoms with Crippen molar-refractivity contribution in [2.75, 3.05) is 17.6 Å². The maximum absolute atomic E-state index is 12.1. The lowest BCUT2D eigenvalue weighted by Crippen LogP contribution is -2.11. The summed E-state index contributed by atoms with van der Waals surface area (Å²) < 4.78 is 35.2. The second-order valence-electron chi connectivity index (χ2n) is 5.95. The summed E-state index contributed by atoms with van der Waals surface area (Å²) in [5.74, 6) is 0.350. The fourth-order valence-corrected chi connectivity index (χ4v) is 2.92. The Bertz CT molecular complexity index is 1050. The summed E-state index contributed by atoms with van der Waals surface area (Å²) in [4.78, 5) is 20.4. The molecule has 0 saturated heterocycles. The number of carbonyl (C=O) groups is 1. The number of benzene rings is 1. The van der Waals surface area contributed by atoms with Gasteiger partial charge in [-0.15, -0.1) is 0 Å². The first-order valence-corrected chi connectivity index (χ1v) is 10.3. The zero-order valence-electron chi connectivity index (χ0n) is 15.0. The summed E-state index contributed by atoms with van der Waals surface area (Å²) in [6.07, 6.45) is 5.29. The number of pyridine rings is 1. The molecule has 2 aromatic heterocycles. The van der Waals surface area contributed by atoms with E-state index in [1.165, 1.54) is 6.07 Å². The molecule has 146 valence electrons. The molecule has 3 aromatic rings. The van der Waals surface area contributed by atoms with Gasteiger partial charge in [0.05, 0.1) is 18.4 Å². The Balaban J connectivity index is 1.48. The van der Waals surface area contributed by atoms with E-state index >= 15 is 0 Å². The number of hydrogen-bond acceptors (Lipinski definition) is 8. The van der Waals surface area contributed by atoms with E-state index < -0.39 is 16.0 Å². The Kier molecular flexibility index (Phi) is 5.99. The van der Waals surface area contributed by atoms with E-state index in [4.69, 9.17) is 9.26 Å². The smallest absolute Gasteiger partial charge is 0.338 e. The summed E-state index contributed by atoms with van der Waals surface area (Å²) in [7, 11) is -3.42. The number of aromatic nitrogens is 3. The first-order valence-electron chi connectivity index (χ1n) is 8.39. The van der Waals surface area contributed by atoms with Crippen molar-refractivity contribution in [3.63, 3.8) is 0 Å².